The van der Waals surface area contributed by atoms with Gasteiger partial charge in [0.25, 0.3) is 0 Å². The zero-order chi connectivity index (χ0) is 11.8. The topological polar surface area (TPSA) is 38.9 Å². The average Bonchev–Trinajstić information content (AvgIpc) is 2.26. The van der Waals surface area contributed by atoms with Crippen molar-refractivity contribution < 1.29 is 0 Å². The molecular formula is C14H18N2. The molecule has 1 heterocycles. The molecule has 0 amide bonds. The minimum absolute atomic E-state index is 0.118. The van der Waals surface area contributed by atoms with Crippen molar-refractivity contribution in [2.24, 2.45) is 5.73 Å². The molecule has 1 aromatic carbocycles. The number of rotatable bonds is 1. The second-order valence-corrected chi connectivity index (χ2v) is 5.12. The van der Waals surface area contributed by atoms with Crippen molar-refractivity contribution in [3.63, 3.8) is 0 Å². The van der Waals surface area contributed by atoms with E-state index < -0.39 is 0 Å². The number of nitrogens with zero attached hydrogens (tertiary/aromatic N) is 1. The second-order valence-electron chi connectivity index (χ2n) is 5.12. The van der Waals surface area contributed by atoms with E-state index in [9.17, 15) is 0 Å². The summed E-state index contributed by atoms with van der Waals surface area (Å²) in [5, 5.41) is 2.45. The first-order chi connectivity index (χ1) is 7.54. The number of nitrogens with two attached hydrogens (primary N) is 1. The van der Waals surface area contributed by atoms with Crippen molar-refractivity contribution in [1.29, 1.82) is 0 Å². The third-order valence-electron chi connectivity index (χ3n) is 2.87. The molecule has 16 heavy (non-hydrogen) atoms. The summed E-state index contributed by atoms with van der Waals surface area (Å²) in [6.07, 6.45) is 1.83. The Labute approximate surface area is 96.5 Å². The van der Waals surface area contributed by atoms with Crippen LogP contribution in [-0.4, -0.2) is 4.98 Å². The Kier molecular flexibility index (Phi) is 2.68. The van der Waals surface area contributed by atoms with Crippen molar-refractivity contribution in [3.05, 3.63) is 41.7 Å². The number of hydrogen-bond acceptors (Lipinski definition) is 2. The third-order valence-corrected chi connectivity index (χ3v) is 2.87. The van der Waals surface area contributed by atoms with E-state index in [1.165, 1.54) is 16.3 Å². The Morgan fingerprint density at radius 3 is 2.56 bits per heavy atom. The lowest BCUT2D eigenvalue weighted by molar-refractivity contribution is 0.595. The van der Waals surface area contributed by atoms with Gasteiger partial charge in [-0.15, -0.1) is 0 Å². The first kappa shape index (κ1) is 11.1. The smallest absolute Gasteiger partial charge is 0.0620 e. The molecule has 0 bridgehead atoms. The highest BCUT2D eigenvalue weighted by Crippen LogP contribution is 2.31. The van der Waals surface area contributed by atoms with E-state index in [1.807, 2.05) is 12.3 Å². The molecule has 0 spiro atoms. The quantitative estimate of drug-likeness (QED) is 0.792. The van der Waals surface area contributed by atoms with Crippen LogP contribution in [0, 0.1) is 0 Å². The van der Waals surface area contributed by atoms with Gasteiger partial charge < -0.3 is 5.73 Å². The van der Waals surface area contributed by atoms with Gasteiger partial charge in [-0.3, -0.25) is 4.98 Å². The fourth-order valence-corrected chi connectivity index (χ4v) is 2.08. The normalized spacial score (nSPS) is 12.0. The maximum Gasteiger partial charge on any atom is 0.0620 e. The molecule has 0 aliphatic rings. The van der Waals surface area contributed by atoms with Gasteiger partial charge in [-0.25, -0.2) is 0 Å². The number of fused-ring (bicyclic) bond motifs is 1. The van der Waals surface area contributed by atoms with Crippen LogP contribution in [0.3, 0.4) is 0 Å². The largest absolute Gasteiger partial charge is 0.325 e. The van der Waals surface area contributed by atoms with Gasteiger partial charge in [-0.2, -0.15) is 0 Å². The summed E-state index contributed by atoms with van der Waals surface area (Å²) in [5.41, 5.74) is 8.19. The molecule has 84 valence electrons. The summed E-state index contributed by atoms with van der Waals surface area (Å²) in [5.74, 6) is 0. The molecule has 0 unspecified atom stereocenters. The molecule has 0 saturated carbocycles. The van der Waals surface area contributed by atoms with Crippen molar-refractivity contribution in [2.75, 3.05) is 0 Å². The summed E-state index contributed by atoms with van der Waals surface area (Å²) in [6.45, 7) is 7.14. The van der Waals surface area contributed by atoms with E-state index in [1.54, 1.807) is 0 Å². The van der Waals surface area contributed by atoms with Gasteiger partial charge in [0.1, 0.15) is 0 Å². The molecule has 1 aromatic heterocycles. The van der Waals surface area contributed by atoms with Gasteiger partial charge in [-0.05, 0) is 22.4 Å². The highest BCUT2D eigenvalue weighted by atomic mass is 14.7. The standard InChI is InChI=1S/C14H18N2/c1-14(2,3)11-6-4-5-10-7-8-16-12(9-15)13(10)11/h4-8H,9,15H2,1-3H3. The SMILES string of the molecule is CC(C)(C)c1cccc2ccnc(CN)c12. The maximum absolute atomic E-state index is 5.77. The number of hydrogen-bond donors (Lipinski definition) is 1. The van der Waals surface area contributed by atoms with E-state index in [0.717, 1.165) is 5.69 Å². The van der Waals surface area contributed by atoms with Gasteiger partial charge >= 0.3 is 0 Å². The van der Waals surface area contributed by atoms with E-state index in [-0.39, 0.29) is 5.41 Å². The summed E-state index contributed by atoms with van der Waals surface area (Å²) in [7, 11) is 0. The van der Waals surface area contributed by atoms with E-state index in [0.29, 0.717) is 6.54 Å². The third kappa shape index (κ3) is 1.81. The summed E-state index contributed by atoms with van der Waals surface area (Å²) < 4.78 is 0. The first-order valence-corrected chi connectivity index (χ1v) is 5.61. The zero-order valence-electron chi connectivity index (χ0n) is 10.1. The predicted molar refractivity (Wildman–Crippen MR) is 68.3 cm³/mol. The van der Waals surface area contributed by atoms with Crippen LogP contribution in [0.25, 0.3) is 10.8 Å². The molecule has 0 fully saturated rings. The first-order valence-electron chi connectivity index (χ1n) is 5.61. The molecule has 0 atom stereocenters. The molecule has 2 aromatic rings. The lowest BCUT2D eigenvalue weighted by atomic mass is 9.83. The van der Waals surface area contributed by atoms with Crippen LogP contribution in [-0.2, 0) is 12.0 Å². The van der Waals surface area contributed by atoms with Crippen LogP contribution >= 0.6 is 0 Å². The fourth-order valence-electron chi connectivity index (χ4n) is 2.08. The van der Waals surface area contributed by atoms with Gasteiger partial charge in [-0.1, -0.05) is 39.0 Å². The molecule has 0 aliphatic heterocycles. The van der Waals surface area contributed by atoms with E-state index >= 15 is 0 Å². The zero-order valence-corrected chi connectivity index (χ0v) is 10.1. The van der Waals surface area contributed by atoms with Crippen LogP contribution in [0.1, 0.15) is 32.0 Å². The lowest BCUT2D eigenvalue weighted by Gasteiger charge is -2.22. The Hall–Kier alpha value is -1.41. The van der Waals surface area contributed by atoms with Crippen molar-refractivity contribution >= 4 is 10.8 Å². The maximum atomic E-state index is 5.77. The Balaban J connectivity index is 2.84. The Morgan fingerprint density at radius 2 is 1.94 bits per heavy atom. The molecule has 0 saturated heterocycles. The molecule has 0 radical (unpaired) electrons. The van der Waals surface area contributed by atoms with Crippen LogP contribution in [0.4, 0.5) is 0 Å². The van der Waals surface area contributed by atoms with Gasteiger partial charge in [0.2, 0.25) is 0 Å². The highest BCUT2D eigenvalue weighted by molar-refractivity contribution is 5.88. The van der Waals surface area contributed by atoms with Crippen molar-refractivity contribution in [2.45, 2.75) is 32.7 Å². The molecule has 2 N–H and O–H groups in total. The molecule has 0 aliphatic carbocycles. The van der Waals surface area contributed by atoms with Crippen LogP contribution in [0.5, 0.6) is 0 Å². The lowest BCUT2D eigenvalue weighted by Crippen LogP contribution is -2.13. The highest BCUT2D eigenvalue weighted by Gasteiger charge is 2.18. The Bertz CT molecular complexity index is 504. The van der Waals surface area contributed by atoms with Gasteiger partial charge in [0.05, 0.1) is 5.69 Å². The Morgan fingerprint density at radius 1 is 1.19 bits per heavy atom. The van der Waals surface area contributed by atoms with Crippen molar-refractivity contribution in [1.82, 2.24) is 4.98 Å². The van der Waals surface area contributed by atoms with Crippen LogP contribution in [0.2, 0.25) is 0 Å². The number of pyridine rings is 1. The molecule has 2 heteroatoms. The average molecular weight is 214 g/mol. The van der Waals surface area contributed by atoms with Crippen LogP contribution < -0.4 is 5.73 Å². The predicted octanol–water partition coefficient (Wildman–Crippen LogP) is 2.99. The number of aromatic nitrogens is 1. The van der Waals surface area contributed by atoms with Gasteiger partial charge in [0.15, 0.2) is 0 Å². The minimum Gasteiger partial charge on any atom is -0.325 e. The minimum atomic E-state index is 0.118. The summed E-state index contributed by atoms with van der Waals surface area (Å²) >= 11 is 0. The van der Waals surface area contributed by atoms with Crippen molar-refractivity contribution in [3.8, 4) is 0 Å². The molecule has 2 rings (SSSR count). The summed E-state index contributed by atoms with van der Waals surface area (Å²) in [6, 6.07) is 8.43. The fraction of sp³-hybridized carbons (Fsp3) is 0.357. The van der Waals surface area contributed by atoms with Gasteiger partial charge in [0, 0.05) is 18.1 Å². The van der Waals surface area contributed by atoms with E-state index in [2.05, 4.69) is 44.0 Å². The molecule has 2 nitrogen and oxygen atoms in total. The summed E-state index contributed by atoms with van der Waals surface area (Å²) in [4.78, 5) is 4.37. The second kappa shape index (κ2) is 3.87. The van der Waals surface area contributed by atoms with E-state index in [4.69, 9.17) is 5.73 Å². The van der Waals surface area contributed by atoms with Crippen LogP contribution in [0.15, 0.2) is 30.5 Å². The monoisotopic (exact) mass is 214 g/mol. The number of benzene rings is 1. The molecular weight excluding hydrogens is 196 g/mol.